The predicted molar refractivity (Wildman–Crippen MR) is 94.1 cm³/mol. The van der Waals surface area contributed by atoms with Gasteiger partial charge >= 0.3 is 0 Å². The summed E-state index contributed by atoms with van der Waals surface area (Å²) in [5, 5.41) is 2.66. The highest BCUT2D eigenvalue weighted by atomic mass is 79.9. The van der Waals surface area contributed by atoms with E-state index in [2.05, 4.69) is 21.2 Å². The zero-order valence-corrected chi connectivity index (χ0v) is 14.8. The summed E-state index contributed by atoms with van der Waals surface area (Å²) in [6.45, 7) is 2.42. The standard InChI is InChI=1S/C18H19BrN2O2/c1-13-4-3-5-15(10-13)18(23)20-11-17(22)21(2)12-14-6-8-16(19)9-7-14/h3-10H,11-12H2,1-2H3,(H,20,23). The van der Waals surface area contributed by atoms with Gasteiger partial charge < -0.3 is 10.2 Å². The van der Waals surface area contributed by atoms with E-state index >= 15 is 0 Å². The minimum absolute atomic E-state index is 0.0141. The molecule has 120 valence electrons. The van der Waals surface area contributed by atoms with E-state index in [1.165, 1.54) is 0 Å². The van der Waals surface area contributed by atoms with Gasteiger partial charge in [-0.15, -0.1) is 0 Å². The second-order valence-corrected chi connectivity index (χ2v) is 6.34. The van der Waals surface area contributed by atoms with Crippen molar-refractivity contribution in [1.82, 2.24) is 10.2 Å². The molecule has 0 bridgehead atoms. The van der Waals surface area contributed by atoms with Crippen molar-refractivity contribution in [3.8, 4) is 0 Å². The number of aryl methyl sites for hydroxylation is 1. The maximum atomic E-state index is 12.1. The van der Waals surface area contributed by atoms with Gasteiger partial charge in [0, 0.05) is 23.6 Å². The van der Waals surface area contributed by atoms with Crippen molar-refractivity contribution in [1.29, 1.82) is 0 Å². The third-order valence-electron chi connectivity index (χ3n) is 3.44. The van der Waals surface area contributed by atoms with E-state index in [0.29, 0.717) is 12.1 Å². The highest BCUT2D eigenvalue weighted by molar-refractivity contribution is 9.10. The van der Waals surface area contributed by atoms with Gasteiger partial charge in [-0.05, 0) is 36.8 Å². The number of hydrogen-bond donors (Lipinski definition) is 1. The van der Waals surface area contributed by atoms with Crippen LogP contribution >= 0.6 is 15.9 Å². The smallest absolute Gasteiger partial charge is 0.251 e. The minimum atomic E-state index is -0.237. The molecular weight excluding hydrogens is 356 g/mol. The summed E-state index contributed by atoms with van der Waals surface area (Å²) in [4.78, 5) is 25.7. The first-order valence-electron chi connectivity index (χ1n) is 7.29. The van der Waals surface area contributed by atoms with E-state index in [0.717, 1.165) is 15.6 Å². The number of benzene rings is 2. The molecule has 0 saturated heterocycles. The Balaban J connectivity index is 1.86. The Labute approximate surface area is 144 Å². The van der Waals surface area contributed by atoms with Crippen LogP contribution in [0.2, 0.25) is 0 Å². The average Bonchev–Trinajstić information content (AvgIpc) is 2.54. The fourth-order valence-corrected chi connectivity index (χ4v) is 2.40. The van der Waals surface area contributed by atoms with Crippen LogP contribution in [-0.4, -0.2) is 30.3 Å². The first-order valence-corrected chi connectivity index (χ1v) is 8.08. The molecule has 0 aliphatic carbocycles. The summed E-state index contributed by atoms with van der Waals surface area (Å²) in [6.07, 6.45) is 0. The normalized spacial score (nSPS) is 10.2. The number of amides is 2. The van der Waals surface area contributed by atoms with Crippen LogP contribution in [0.25, 0.3) is 0 Å². The van der Waals surface area contributed by atoms with Crippen LogP contribution in [0.15, 0.2) is 53.0 Å². The van der Waals surface area contributed by atoms with E-state index in [1.54, 1.807) is 24.1 Å². The molecule has 2 amide bonds. The molecule has 2 aromatic rings. The third kappa shape index (κ3) is 5.21. The van der Waals surface area contributed by atoms with Crippen LogP contribution in [0.1, 0.15) is 21.5 Å². The first kappa shape index (κ1) is 17.2. The first-order chi connectivity index (χ1) is 11.0. The molecule has 0 atom stereocenters. The van der Waals surface area contributed by atoms with Gasteiger partial charge in [-0.2, -0.15) is 0 Å². The number of halogens is 1. The number of carbonyl (C=O) groups is 2. The van der Waals surface area contributed by atoms with Gasteiger partial charge in [-0.3, -0.25) is 9.59 Å². The van der Waals surface area contributed by atoms with Crippen molar-refractivity contribution in [3.63, 3.8) is 0 Å². The Hall–Kier alpha value is -2.14. The fraction of sp³-hybridized carbons (Fsp3) is 0.222. The molecule has 0 aromatic heterocycles. The molecule has 0 aliphatic rings. The summed E-state index contributed by atoms with van der Waals surface area (Å²) in [6, 6.07) is 15.1. The maximum Gasteiger partial charge on any atom is 0.251 e. The van der Waals surface area contributed by atoms with Gasteiger partial charge in [-0.25, -0.2) is 0 Å². The lowest BCUT2D eigenvalue weighted by atomic mass is 10.1. The SMILES string of the molecule is Cc1cccc(C(=O)NCC(=O)N(C)Cc2ccc(Br)cc2)c1. The Bertz CT molecular complexity index is 698. The molecule has 4 nitrogen and oxygen atoms in total. The molecule has 0 heterocycles. The molecule has 0 saturated carbocycles. The zero-order chi connectivity index (χ0) is 16.8. The summed E-state index contributed by atoms with van der Waals surface area (Å²) < 4.78 is 1.00. The van der Waals surface area contributed by atoms with Crippen molar-refractivity contribution in [2.24, 2.45) is 0 Å². The number of carbonyl (C=O) groups excluding carboxylic acids is 2. The highest BCUT2D eigenvalue weighted by Crippen LogP contribution is 2.11. The summed E-state index contributed by atoms with van der Waals surface area (Å²) in [5.74, 6) is -0.368. The molecule has 5 heteroatoms. The topological polar surface area (TPSA) is 49.4 Å². The molecule has 0 fully saturated rings. The van der Waals surface area contributed by atoms with Crippen molar-refractivity contribution in [2.75, 3.05) is 13.6 Å². The fourth-order valence-electron chi connectivity index (χ4n) is 2.13. The lowest BCUT2D eigenvalue weighted by Crippen LogP contribution is -2.37. The van der Waals surface area contributed by atoms with Crippen LogP contribution < -0.4 is 5.32 Å². The second kappa shape index (κ2) is 7.92. The van der Waals surface area contributed by atoms with Crippen LogP contribution in [-0.2, 0) is 11.3 Å². The lowest BCUT2D eigenvalue weighted by Gasteiger charge is -2.17. The number of nitrogens with one attached hydrogen (secondary N) is 1. The maximum absolute atomic E-state index is 12.1. The average molecular weight is 375 g/mol. The predicted octanol–water partition coefficient (Wildman–Crippen LogP) is 3.15. The molecule has 0 unspecified atom stereocenters. The highest BCUT2D eigenvalue weighted by Gasteiger charge is 2.12. The lowest BCUT2D eigenvalue weighted by molar-refractivity contribution is -0.129. The molecular formula is C18H19BrN2O2. The monoisotopic (exact) mass is 374 g/mol. The van der Waals surface area contributed by atoms with Crippen LogP contribution in [0, 0.1) is 6.92 Å². The Morgan fingerprint density at radius 3 is 2.48 bits per heavy atom. The Morgan fingerprint density at radius 1 is 1.13 bits per heavy atom. The van der Waals surface area contributed by atoms with Crippen LogP contribution in [0.4, 0.5) is 0 Å². The van der Waals surface area contributed by atoms with Gasteiger partial charge in [0.15, 0.2) is 0 Å². The minimum Gasteiger partial charge on any atom is -0.343 e. The quantitative estimate of drug-likeness (QED) is 0.873. The molecule has 0 radical (unpaired) electrons. The summed E-state index contributed by atoms with van der Waals surface area (Å²) >= 11 is 3.38. The number of rotatable bonds is 5. The van der Waals surface area contributed by atoms with Crippen molar-refractivity contribution < 1.29 is 9.59 Å². The van der Waals surface area contributed by atoms with Gasteiger partial charge in [0.25, 0.3) is 5.91 Å². The summed E-state index contributed by atoms with van der Waals surface area (Å²) in [5.41, 5.74) is 2.61. The molecule has 0 spiro atoms. The van der Waals surface area contributed by atoms with Crippen molar-refractivity contribution in [2.45, 2.75) is 13.5 Å². The van der Waals surface area contributed by atoms with Gasteiger partial charge in [0.05, 0.1) is 6.54 Å². The van der Waals surface area contributed by atoms with E-state index in [-0.39, 0.29) is 18.4 Å². The van der Waals surface area contributed by atoms with Crippen molar-refractivity contribution in [3.05, 3.63) is 69.7 Å². The van der Waals surface area contributed by atoms with E-state index in [1.807, 2.05) is 43.3 Å². The van der Waals surface area contributed by atoms with Gasteiger partial charge in [0.1, 0.15) is 0 Å². The Kier molecular flexibility index (Phi) is 5.93. The zero-order valence-electron chi connectivity index (χ0n) is 13.2. The number of likely N-dealkylation sites (N-methyl/N-ethyl adjacent to an activating group) is 1. The van der Waals surface area contributed by atoms with Gasteiger partial charge in [-0.1, -0.05) is 45.8 Å². The molecule has 23 heavy (non-hydrogen) atoms. The molecule has 0 aliphatic heterocycles. The van der Waals surface area contributed by atoms with Crippen LogP contribution in [0.5, 0.6) is 0 Å². The van der Waals surface area contributed by atoms with E-state index in [9.17, 15) is 9.59 Å². The van der Waals surface area contributed by atoms with Gasteiger partial charge in [0.2, 0.25) is 5.91 Å². The van der Waals surface area contributed by atoms with E-state index in [4.69, 9.17) is 0 Å². The summed E-state index contributed by atoms with van der Waals surface area (Å²) in [7, 11) is 1.73. The molecule has 2 aromatic carbocycles. The Morgan fingerprint density at radius 2 is 1.83 bits per heavy atom. The largest absolute Gasteiger partial charge is 0.343 e. The number of nitrogens with zero attached hydrogens (tertiary/aromatic N) is 1. The third-order valence-corrected chi connectivity index (χ3v) is 3.97. The molecule has 1 N–H and O–H groups in total. The van der Waals surface area contributed by atoms with Crippen molar-refractivity contribution >= 4 is 27.7 Å². The molecule has 2 rings (SSSR count). The number of hydrogen-bond acceptors (Lipinski definition) is 2. The second-order valence-electron chi connectivity index (χ2n) is 5.43. The van der Waals surface area contributed by atoms with Crippen LogP contribution in [0.3, 0.4) is 0 Å². The van der Waals surface area contributed by atoms with E-state index < -0.39 is 0 Å².